The van der Waals surface area contributed by atoms with Gasteiger partial charge in [0.1, 0.15) is 0 Å². The summed E-state index contributed by atoms with van der Waals surface area (Å²) >= 11 is 1.88. The first-order chi connectivity index (χ1) is 6.72. The van der Waals surface area contributed by atoms with Crippen molar-refractivity contribution in [1.82, 2.24) is 15.1 Å². The van der Waals surface area contributed by atoms with Crippen LogP contribution in [0, 0.1) is 0 Å². The summed E-state index contributed by atoms with van der Waals surface area (Å²) in [6, 6.07) is 0.629. The van der Waals surface area contributed by atoms with E-state index in [4.69, 9.17) is 0 Å². The Morgan fingerprint density at radius 3 is 3.00 bits per heavy atom. The van der Waals surface area contributed by atoms with Crippen molar-refractivity contribution in [3.63, 3.8) is 0 Å². The van der Waals surface area contributed by atoms with Crippen molar-refractivity contribution in [2.24, 2.45) is 7.05 Å². The molecule has 1 rings (SSSR count). The largest absolute Gasteiger partial charge is 0.317 e. The van der Waals surface area contributed by atoms with Gasteiger partial charge in [-0.3, -0.25) is 4.68 Å². The summed E-state index contributed by atoms with van der Waals surface area (Å²) in [5.41, 5.74) is 0. The lowest BCUT2D eigenvalue weighted by atomic mass is 10.2. The summed E-state index contributed by atoms with van der Waals surface area (Å²) in [6.07, 6.45) is 6.48. The number of rotatable bonds is 6. The zero-order valence-electron chi connectivity index (χ0n) is 9.16. The zero-order chi connectivity index (χ0) is 10.4. The van der Waals surface area contributed by atoms with E-state index >= 15 is 0 Å². The molecule has 1 heterocycles. The molecule has 0 saturated carbocycles. The number of nitrogens with one attached hydrogen (secondary N) is 1. The Balaban J connectivity index is 2.10. The van der Waals surface area contributed by atoms with Crippen molar-refractivity contribution in [2.75, 3.05) is 12.8 Å². The number of hydrogen-bond donors (Lipinski definition) is 1. The smallest absolute Gasteiger partial charge is 0.0625 e. The molecule has 1 unspecified atom stereocenters. The minimum Gasteiger partial charge on any atom is -0.317 e. The van der Waals surface area contributed by atoms with Crippen molar-refractivity contribution in [2.45, 2.75) is 30.7 Å². The molecule has 0 fully saturated rings. The first kappa shape index (κ1) is 11.6. The Bertz CT molecular complexity index is 260. The Labute approximate surface area is 90.3 Å². The average molecular weight is 213 g/mol. The Morgan fingerprint density at radius 1 is 1.64 bits per heavy atom. The summed E-state index contributed by atoms with van der Waals surface area (Å²) in [5.74, 6) is 1.18. The maximum Gasteiger partial charge on any atom is 0.0625 e. The zero-order valence-corrected chi connectivity index (χ0v) is 9.97. The summed E-state index contributed by atoms with van der Waals surface area (Å²) in [5, 5.41) is 7.37. The molecule has 0 spiro atoms. The summed E-state index contributed by atoms with van der Waals surface area (Å²) in [6.45, 7) is 2.22. The molecule has 1 aromatic rings. The van der Waals surface area contributed by atoms with Crippen LogP contribution in [0.15, 0.2) is 17.3 Å². The molecule has 0 amide bonds. The maximum atomic E-state index is 4.13. The van der Waals surface area contributed by atoms with Crippen LogP contribution in [0.2, 0.25) is 0 Å². The fourth-order valence-electron chi connectivity index (χ4n) is 1.20. The third kappa shape index (κ3) is 4.15. The topological polar surface area (TPSA) is 29.9 Å². The predicted molar refractivity (Wildman–Crippen MR) is 61.7 cm³/mol. The lowest BCUT2D eigenvalue weighted by Crippen LogP contribution is -2.20. The number of aryl methyl sites for hydroxylation is 1. The van der Waals surface area contributed by atoms with Crippen LogP contribution in [-0.4, -0.2) is 28.6 Å². The van der Waals surface area contributed by atoms with Crippen LogP contribution >= 0.6 is 11.8 Å². The molecule has 0 aliphatic rings. The van der Waals surface area contributed by atoms with Gasteiger partial charge in [-0.05, 0) is 32.6 Å². The van der Waals surface area contributed by atoms with Gasteiger partial charge in [0.25, 0.3) is 0 Å². The molecular weight excluding hydrogens is 194 g/mol. The van der Waals surface area contributed by atoms with Gasteiger partial charge in [-0.2, -0.15) is 5.10 Å². The van der Waals surface area contributed by atoms with Gasteiger partial charge in [-0.25, -0.2) is 0 Å². The highest BCUT2D eigenvalue weighted by molar-refractivity contribution is 7.99. The second-order valence-electron chi connectivity index (χ2n) is 3.53. The first-order valence-corrected chi connectivity index (χ1v) is 5.99. The Hall–Kier alpha value is -0.480. The van der Waals surface area contributed by atoms with E-state index < -0.39 is 0 Å². The number of aromatic nitrogens is 2. The van der Waals surface area contributed by atoms with Crippen LogP contribution in [0.4, 0.5) is 0 Å². The summed E-state index contributed by atoms with van der Waals surface area (Å²) in [4.78, 5) is 1.27. The van der Waals surface area contributed by atoms with E-state index in [2.05, 4.69) is 23.5 Å². The molecule has 14 heavy (non-hydrogen) atoms. The van der Waals surface area contributed by atoms with Gasteiger partial charge >= 0.3 is 0 Å². The fourth-order valence-corrected chi connectivity index (χ4v) is 2.09. The monoisotopic (exact) mass is 213 g/mol. The molecule has 0 radical (unpaired) electrons. The van der Waals surface area contributed by atoms with Gasteiger partial charge in [0, 0.05) is 24.2 Å². The molecular formula is C10H19N3S. The van der Waals surface area contributed by atoms with Gasteiger partial charge in [0.15, 0.2) is 0 Å². The highest BCUT2D eigenvalue weighted by Crippen LogP contribution is 2.18. The molecule has 0 aromatic carbocycles. The van der Waals surface area contributed by atoms with Crippen molar-refractivity contribution >= 4 is 11.8 Å². The normalized spacial score (nSPS) is 13.1. The second kappa shape index (κ2) is 6.09. The van der Waals surface area contributed by atoms with E-state index in [-0.39, 0.29) is 0 Å². The van der Waals surface area contributed by atoms with Gasteiger partial charge in [-0.15, -0.1) is 11.8 Å². The minimum absolute atomic E-state index is 0.629. The molecule has 0 bridgehead atoms. The van der Waals surface area contributed by atoms with Crippen molar-refractivity contribution in [3.8, 4) is 0 Å². The molecule has 0 saturated heterocycles. The highest BCUT2D eigenvalue weighted by Gasteiger charge is 1.99. The van der Waals surface area contributed by atoms with Crippen LogP contribution in [0.5, 0.6) is 0 Å². The number of thioether (sulfide) groups is 1. The van der Waals surface area contributed by atoms with Crippen molar-refractivity contribution in [1.29, 1.82) is 0 Å². The predicted octanol–water partition coefficient (Wildman–Crippen LogP) is 1.90. The summed E-state index contributed by atoms with van der Waals surface area (Å²) in [7, 11) is 3.96. The van der Waals surface area contributed by atoms with E-state index in [1.165, 1.54) is 23.5 Å². The van der Waals surface area contributed by atoms with Crippen molar-refractivity contribution in [3.05, 3.63) is 12.4 Å². The lowest BCUT2D eigenvalue weighted by Gasteiger charge is -2.08. The molecule has 1 atom stereocenters. The van der Waals surface area contributed by atoms with E-state index in [9.17, 15) is 0 Å². The fraction of sp³-hybridized carbons (Fsp3) is 0.700. The molecule has 80 valence electrons. The second-order valence-corrected chi connectivity index (χ2v) is 4.70. The van der Waals surface area contributed by atoms with Crippen LogP contribution in [0.25, 0.3) is 0 Å². The van der Waals surface area contributed by atoms with Crippen LogP contribution in [0.1, 0.15) is 19.8 Å². The van der Waals surface area contributed by atoms with Gasteiger partial charge in [0.2, 0.25) is 0 Å². The van der Waals surface area contributed by atoms with Gasteiger partial charge < -0.3 is 5.32 Å². The van der Waals surface area contributed by atoms with E-state index in [1.807, 2.05) is 36.7 Å². The SMILES string of the molecule is CNC(C)CCCSc1cnn(C)c1. The highest BCUT2D eigenvalue weighted by atomic mass is 32.2. The molecule has 4 heteroatoms. The third-order valence-electron chi connectivity index (χ3n) is 2.22. The molecule has 3 nitrogen and oxygen atoms in total. The number of nitrogens with zero attached hydrogens (tertiary/aromatic N) is 2. The van der Waals surface area contributed by atoms with Crippen LogP contribution < -0.4 is 5.32 Å². The first-order valence-electron chi connectivity index (χ1n) is 5.01. The maximum absolute atomic E-state index is 4.13. The van der Waals surface area contributed by atoms with Crippen LogP contribution in [0.3, 0.4) is 0 Å². The van der Waals surface area contributed by atoms with Gasteiger partial charge in [-0.1, -0.05) is 0 Å². The van der Waals surface area contributed by atoms with Crippen LogP contribution in [-0.2, 0) is 7.05 Å². The Morgan fingerprint density at radius 2 is 2.43 bits per heavy atom. The average Bonchev–Trinajstić information content (AvgIpc) is 2.58. The number of hydrogen-bond acceptors (Lipinski definition) is 3. The van der Waals surface area contributed by atoms with Crippen molar-refractivity contribution < 1.29 is 0 Å². The van der Waals surface area contributed by atoms with E-state index in [1.54, 1.807) is 0 Å². The molecule has 1 aromatic heterocycles. The van der Waals surface area contributed by atoms with E-state index in [0.29, 0.717) is 6.04 Å². The third-order valence-corrected chi connectivity index (χ3v) is 3.26. The quantitative estimate of drug-likeness (QED) is 0.578. The summed E-state index contributed by atoms with van der Waals surface area (Å²) < 4.78 is 1.85. The lowest BCUT2D eigenvalue weighted by molar-refractivity contribution is 0.559. The molecule has 0 aliphatic heterocycles. The Kier molecular flexibility index (Phi) is 5.04. The van der Waals surface area contributed by atoms with E-state index in [0.717, 1.165) is 0 Å². The molecule has 0 aliphatic carbocycles. The van der Waals surface area contributed by atoms with Gasteiger partial charge in [0.05, 0.1) is 6.20 Å². The minimum atomic E-state index is 0.629. The molecule has 1 N–H and O–H groups in total. The standard InChI is InChI=1S/C10H19N3S/c1-9(11-2)5-4-6-14-10-7-12-13(3)8-10/h7-9,11H,4-6H2,1-3H3.